The van der Waals surface area contributed by atoms with E-state index >= 15 is 0 Å². The van der Waals surface area contributed by atoms with Gasteiger partial charge in [0.1, 0.15) is 0 Å². The zero-order valence-electron chi connectivity index (χ0n) is 24.7. The molecular weight excluding hydrogens is 507 g/mol. The molecule has 0 fully saturated rings. The van der Waals surface area contributed by atoms with Crippen LogP contribution in [0.25, 0.3) is 33.8 Å². The summed E-state index contributed by atoms with van der Waals surface area (Å²) >= 11 is 0. The normalized spacial score (nSPS) is 19.6. The monoisotopic (exact) mass is 546 g/mol. The molecule has 2 aromatic heterocycles. The molecule has 0 amide bonds. The largest absolute Gasteiger partial charge is 0.255 e. The number of aromatic nitrogens is 4. The molecule has 204 valence electrons. The Kier molecular flexibility index (Phi) is 7.35. The highest BCUT2D eigenvalue weighted by atomic mass is 31.1. The number of hydrogen-bond acceptors (Lipinski definition) is 4. The summed E-state index contributed by atoms with van der Waals surface area (Å²) in [5.41, 5.74) is 7.92. The van der Waals surface area contributed by atoms with Crippen LogP contribution in [0.15, 0.2) is 85.4 Å². The Labute approximate surface area is 241 Å². The van der Waals surface area contributed by atoms with E-state index in [0.29, 0.717) is 17.5 Å². The van der Waals surface area contributed by atoms with Crippen molar-refractivity contribution in [3.63, 3.8) is 0 Å². The molecule has 1 aliphatic heterocycles. The van der Waals surface area contributed by atoms with Crippen molar-refractivity contribution in [3.8, 4) is 22.6 Å². The Morgan fingerprint density at radius 1 is 0.900 bits per heavy atom. The topological polar surface area (TPSA) is 51.6 Å². The SMILES string of the molecule is C=C/C(=C\C=C/C)c1nc(C2=CPCC=C2)nc(-c2ccc(-c3ccc4c(c3)C(C)(C)C(C)(C)C4(C)C)nc2)n1. The lowest BCUT2D eigenvalue weighted by Crippen LogP contribution is -2.42. The highest BCUT2D eigenvalue weighted by Gasteiger charge is 2.56. The minimum atomic E-state index is 0.0472. The Morgan fingerprint density at radius 3 is 2.27 bits per heavy atom. The second kappa shape index (κ2) is 10.5. The van der Waals surface area contributed by atoms with Gasteiger partial charge in [-0.25, -0.2) is 15.0 Å². The van der Waals surface area contributed by atoms with E-state index in [-0.39, 0.29) is 16.2 Å². The van der Waals surface area contributed by atoms with Crippen LogP contribution in [0.2, 0.25) is 0 Å². The molecule has 1 unspecified atom stereocenters. The molecule has 0 N–H and O–H groups in total. The number of rotatable bonds is 6. The first-order valence-electron chi connectivity index (χ1n) is 14.0. The van der Waals surface area contributed by atoms with E-state index in [9.17, 15) is 0 Å². The Bertz CT molecular complexity index is 1580. The predicted molar refractivity (Wildman–Crippen MR) is 172 cm³/mol. The van der Waals surface area contributed by atoms with Crippen LogP contribution in [0.4, 0.5) is 0 Å². The number of pyridine rings is 1. The molecule has 1 aliphatic carbocycles. The number of fused-ring (bicyclic) bond motifs is 1. The molecule has 0 bridgehead atoms. The van der Waals surface area contributed by atoms with Crippen molar-refractivity contribution in [1.29, 1.82) is 0 Å². The van der Waals surface area contributed by atoms with Gasteiger partial charge in [0, 0.05) is 28.5 Å². The fourth-order valence-corrected chi connectivity index (χ4v) is 6.54. The summed E-state index contributed by atoms with van der Waals surface area (Å²) < 4.78 is 0. The number of allylic oxidation sites excluding steroid dienone is 8. The van der Waals surface area contributed by atoms with Gasteiger partial charge in [-0.1, -0.05) is 111 Å². The molecule has 3 heterocycles. The summed E-state index contributed by atoms with van der Waals surface area (Å²) in [6.07, 6.45) is 14.9. The van der Waals surface area contributed by atoms with E-state index in [1.165, 1.54) is 11.1 Å². The van der Waals surface area contributed by atoms with Gasteiger partial charge in [-0.15, -0.1) is 0 Å². The summed E-state index contributed by atoms with van der Waals surface area (Å²) in [6, 6.07) is 11.0. The van der Waals surface area contributed by atoms with E-state index in [4.69, 9.17) is 19.9 Å². The fourth-order valence-electron chi connectivity index (χ4n) is 5.72. The lowest BCUT2D eigenvalue weighted by Gasteiger charge is -2.44. The highest BCUT2D eigenvalue weighted by Crippen LogP contribution is 2.61. The van der Waals surface area contributed by atoms with Crippen LogP contribution in [0.1, 0.15) is 71.2 Å². The molecule has 40 heavy (non-hydrogen) atoms. The van der Waals surface area contributed by atoms with Crippen LogP contribution in [0.3, 0.4) is 0 Å². The summed E-state index contributed by atoms with van der Waals surface area (Å²) in [5, 5.41) is 0. The quantitative estimate of drug-likeness (QED) is 0.229. The van der Waals surface area contributed by atoms with Crippen molar-refractivity contribution >= 4 is 19.7 Å². The third-order valence-corrected chi connectivity index (χ3v) is 10.4. The van der Waals surface area contributed by atoms with Crippen molar-refractivity contribution in [3.05, 3.63) is 108 Å². The lowest BCUT2D eigenvalue weighted by molar-refractivity contribution is 0.125. The lowest BCUT2D eigenvalue weighted by atomic mass is 9.59. The van der Waals surface area contributed by atoms with Crippen LogP contribution in [0, 0.1) is 5.41 Å². The van der Waals surface area contributed by atoms with E-state index in [1.54, 1.807) is 6.08 Å². The minimum absolute atomic E-state index is 0.0472. The van der Waals surface area contributed by atoms with E-state index in [2.05, 4.69) is 96.4 Å². The van der Waals surface area contributed by atoms with Crippen molar-refractivity contribution in [1.82, 2.24) is 19.9 Å². The van der Waals surface area contributed by atoms with Crippen LogP contribution in [0.5, 0.6) is 0 Å². The summed E-state index contributed by atoms with van der Waals surface area (Å²) in [6.45, 7) is 20.2. The maximum atomic E-state index is 4.88. The summed E-state index contributed by atoms with van der Waals surface area (Å²) in [7, 11) is 0.728. The molecule has 2 aliphatic rings. The van der Waals surface area contributed by atoms with E-state index < -0.39 is 0 Å². The predicted octanol–water partition coefficient (Wildman–Crippen LogP) is 8.93. The average Bonchev–Trinajstić information content (AvgIpc) is 3.07. The van der Waals surface area contributed by atoms with E-state index in [1.807, 2.05) is 31.3 Å². The van der Waals surface area contributed by atoms with Gasteiger partial charge in [-0.2, -0.15) is 0 Å². The zero-order valence-corrected chi connectivity index (χ0v) is 25.7. The molecule has 0 spiro atoms. The first-order chi connectivity index (χ1) is 19.0. The third kappa shape index (κ3) is 4.63. The van der Waals surface area contributed by atoms with Gasteiger partial charge >= 0.3 is 0 Å². The Hall–Kier alpha value is -3.49. The van der Waals surface area contributed by atoms with Crippen LogP contribution in [-0.4, -0.2) is 26.1 Å². The maximum Gasteiger partial charge on any atom is 0.165 e. The highest BCUT2D eigenvalue weighted by molar-refractivity contribution is 7.42. The molecule has 0 saturated carbocycles. The van der Waals surface area contributed by atoms with Gasteiger partial charge in [0.15, 0.2) is 17.5 Å². The average molecular weight is 547 g/mol. The van der Waals surface area contributed by atoms with Crippen molar-refractivity contribution < 1.29 is 0 Å². The Morgan fingerprint density at radius 2 is 1.62 bits per heavy atom. The second-order valence-corrected chi connectivity index (χ2v) is 13.2. The maximum absolute atomic E-state index is 4.88. The molecule has 0 radical (unpaired) electrons. The summed E-state index contributed by atoms with van der Waals surface area (Å²) in [5.74, 6) is 4.10. The van der Waals surface area contributed by atoms with Crippen LogP contribution in [-0.2, 0) is 10.8 Å². The smallest absolute Gasteiger partial charge is 0.165 e. The molecule has 3 aromatic rings. The summed E-state index contributed by atoms with van der Waals surface area (Å²) in [4.78, 5) is 19.4. The van der Waals surface area contributed by atoms with Crippen molar-refractivity contribution in [2.75, 3.05) is 6.16 Å². The molecule has 1 aromatic carbocycles. The van der Waals surface area contributed by atoms with Crippen LogP contribution >= 0.6 is 8.58 Å². The van der Waals surface area contributed by atoms with Crippen molar-refractivity contribution in [2.24, 2.45) is 5.41 Å². The second-order valence-electron chi connectivity index (χ2n) is 12.1. The minimum Gasteiger partial charge on any atom is -0.255 e. The number of hydrogen-bond donors (Lipinski definition) is 0. The molecule has 0 saturated heterocycles. The van der Waals surface area contributed by atoms with Gasteiger partial charge in [0.05, 0.1) is 5.69 Å². The third-order valence-electron chi connectivity index (χ3n) is 9.44. The fraction of sp³-hybridized carbons (Fsp3) is 0.314. The van der Waals surface area contributed by atoms with Crippen LogP contribution < -0.4 is 0 Å². The number of nitrogens with zero attached hydrogens (tertiary/aromatic N) is 4. The van der Waals surface area contributed by atoms with Gasteiger partial charge in [-0.05, 0) is 58.7 Å². The van der Waals surface area contributed by atoms with E-state index in [0.717, 1.165) is 42.7 Å². The first-order valence-corrected chi connectivity index (χ1v) is 15.2. The molecule has 5 heteroatoms. The number of benzene rings is 1. The van der Waals surface area contributed by atoms with Gasteiger partial charge in [0.2, 0.25) is 0 Å². The standard InChI is InChI=1S/C35H39N4P/c1-9-11-13-23(10-2)30-37-31(39-32(38-30)26-14-12-19-40-22-26)25-16-18-29(36-21-25)24-15-17-27-28(20-24)34(5,6)35(7,8)33(27,3)4/h9-18,20-22,40H,2,19H2,1,3-8H3/b11-9-,23-13+. The van der Waals surface area contributed by atoms with Gasteiger partial charge in [-0.3, -0.25) is 4.98 Å². The molecule has 5 rings (SSSR count). The molecule has 1 atom stereocenters. The molecular formula is C35H39N4P. The van der Waals surface area contributed by atoms with Gasteiger partial charge in [0.25, 0.3) is 0 Å². The zero-order chi connectivity index (χ0) is 28.7. The first kappa shape index (κ1) is 28.1. The van der Waals surface area contributed by atoms with Gasteiger partial charge < -0.3 is 0 Å². The molecule has 4 nitrogen and oxygen atoms in total. The van der Waals surface area contributed by atoms with Crippen molar-refractivity contribution in [2.45, 2.75) is 59.3 Å². The Balaban J connectivity index is 1.55.